The number of aryl methyl sites for hydroxylation is 1. The van der Waals surface area contributed by atoms with E-state index < -0.39 is 15.8 Å². The Kier molecular flexibility index (Phi) is 4.18. The van der Waals surface area contributed by atoms with Crippen molar-refractivity contribution in [3.8, 4) is 0 Å². The van der Waals surface area contributed by atoms with Crippen LogP contribution >= 0.6 is 0 Å². The molecule has 0 bridgehead atoms. The highest BCUT2D eigenvalue weighted by Gasteiger charge is 2.25. The van der Waals surface area contributed by atoms with Gasteiger partial charge in [-0.15, -0.1) is 0 Å². The Morgan fingerprint density at radius 1 is 1.28 bits per heavy atom. The second-order valence-electron chi connectivity index (χ2n) is 5.73. The molecule has 0 fully saturated rings. The van der Waals surface area contributed by atoms with Crippen molar-refractivity contribution in [3.63, 3.8) is 0 Å². The van der Waals surface area contributed by atoms with Gasteiger partial charge in [0.2, 0.25) is 10.0 Å². The fraction of sp³-hybridized carbons (Fsp3) is 0.538. The number of benzene rings is 1. The Balaban J connectivity index is 3.10. The first-order valence-corrected chi connectivity index (χ1v) is 7.20. The molecule has 0 saturated carbocycles. The van der Waals surface area contributed by atoms with Gasteiger partial charge in [-0.1, -0.05) is 20.8 Å². The molecule has 0 radical (unpaired) electrons. The van der Waals surface area contributed by atoms with Crippen LogP contribution in [0.3, 0.4) is 0 Å². The predicted molar refractivity (Wildman–Crippen MR) is 70.4 cm³/mol. The maximum Gasteiger partial charge on any atom is 0.242 e. The normalized spacial score (nSPS) is 13.1. The van der Waals surface area contributed by atoms with Gasteiger partial charge in [0.05, 0.1) is 4.90 Å². The second kappa shape index (κ2) is 4.97. The summed E-state index contributed by atoms with van der Waals surface area (Å²) in [6, 6.07) is 3.85. The van der Waals surface area contributed by atoms with E-state index in [2.05, 4.69) is 0 Å². The molecule has 0 aromatic heterocycles. The van der Waals surface area contributed by atoms with E-state index in [9.17, 15) is 12.8 Å². The van der Waals surface area contributed by atoms with E-state index in [1.807, 2.05) is 20.8 Å². The van der Waals surface area contributed by atoms with Crippen LogP contribution in [0.15, 0.2) is 23.1 Å². The van der Waals surface area contributed by atoms with Crippen molar-refractivity contribution in [1.82, 2.24) is 4.31 Å². The van der Waals surface area contributed by atoms with Gasteiger partial charge in [-0.3, -0.25) is 0 Å². The number of sulfonamides is 1. The van der Waals surface area contributed by atoms with Crippen LogP contribution in [-0.4, -0.2) is 26.3 Å². The fourth-order valence-electron chi connectivity index (χ4n) is 1.71. The highest BCUT2D eigenvalue weighted by Crippen LogP contribution is 2.22. The third-order valence-electron chi connectivity index (χ3n) is 2.53. The number of nitrogens with zero attached hydrogens (tertiary/aromatic N) is 1. The van der Waals surface area contributed by atoms with Gasteiger partial charge in [0.1, 0.15) is 5.82 Å². The van der Waals surface area contributed by atoms with E-state index in [1.165, 1.54) is 22.5 Å². The Morgan fingerprint density at radius 3 is 2.28 bits per heavy atom. The topological polar surface area (TPSA) is 37.4 Å². The highest BCUT2D eigenvalue weighted by molar-refractivity contribution is 7.89. The summed E-state index contributed by atoms with van der Waals surface area (Å²) in [6.07, 6.45) is 0. The Morgan fingerprint density at radius 2 is 1.83 bits per heavy atom. The monoisotopic (exact) mass is 273 g/mol. The number of hydrogen-bond acceptors (Lipinski definition) is 2. The first kappa shape index (κ1) is 15.1. The minimum Gasteiger partial charge on any atom is -0.207 e. The third-order valence-corrected chi connectivity index (χ3v) is 4.33. The van der Waals surface area contributed by atoms with Crippen molar-refractivity contribution in [3.05, 3.63) is 29.6 Å². The molecule has 0 aliphatic carbocycles. The first-order valence-electron chi connectivity index (χ1n) is 5.76. The molecule has 0 unspecified atom stereocenters. The largest absolute Gasteiger partial charge is 0.242 e. The van der Waals surface area contributed by atoms with Crippen molar-refractivity contribution >= 4 is 10.0 Å². The van der Waals surface area contributed by atoms with Crippen LogP contribution in [0.4, 0.5) is 4.39 Å². The number of hydrogen-bond donors (Lipinski definition) is 0. The molecule has 0 amide bonds. The van der Waals surface area contributed by atoms with Gasteiger partial charge < -0.3 is 0 Å². The average molecular weight is 273 g/mol. The number of halogens is 1. The molecule has 18 heavy (non-hydrogen) atoms. The summed E-state index contributed by atoms with van der Waals surface area (Å²) >= 11 is 0. The molecule has 5 heteroatoms. The smallest absolute Gasteiger partial charge is 0.207 e. The van der Waals surface area contributed by atoms with E-state index >= 15 is 0 Å². The van der Waals surface area contributed by atoms with Crippen LogP contribution in [0.2, 0.25) is 0 Å². The van der Waals surface area contributed by atoms with Gasteiger partial charge in [-0.2, -0.15) is 0 Å². The van der Waals surface area contributed by atoms with Gasteiger partial charge in [-0.25, -0.2) is 17.1 Å². The minimum atomic E-state index is -3.54. The van der Waals surface area contributed by atoms with Crippen molar-refractivity contribution < 1.29 is 12.8 Å². The Bertz CT molecular complexity index is 532. The van der Waals surface area contributed by atoms with Crippen molar-refractivity contribution in [2.24, 2.45) is 5.41 Å². The summed E-state index contributed by atoms with van der Waals surface area (Å²) in [7, 11) is -2.00. The lowest BCUT2D eigenvalue weighted by Crippen LogP contribution is -2.34. The zero-order chi connectivity index (χ0) is 14.1. The van der Waals surface area contributed by atoms with E-state index in [0.717, 1.165) is 0 Å². The molecule has 0 heterocycles. The third kappa shape index (κ3) is 3.53. The summed E-state index contributed by atoms with van der Waals surface area (Å²) in [5.41, 5.74) is 0.205. The molecule has 1 aromatic carbocycles. The summed E-state index contributed by atoms with van der Waals surface area (Å²) < 4.78 is 39.0. The molecule has 0 N–H and O–H groups in total. The van der Waals surface area contributed by atoms with Crippen LogP contribution in [0, 0.1) is 18.2 Å². The molecular weight excluding hydrogens is 253 g/mol. The molecule has 0 atom stereocenters. The van der Waals surface area contributed by atoms with Gasteiger partial charge in [0.15, 0.2) is 0 Å². The first-order chi connectivity index (χ1) is 8.04. The SMILES string of the molecule is Cc1cc(S(=O)(=O)N(C)CC(C)(C)C)ccc1F. The van der Waals surface area contributed by atoms with Crippen molar-refractivity contribution in [2.45, 2.75) is 32.6 Å². The minimum absolute atomic E-state index is 0.128. The zero-order valence-electron chi connectivity index (χ0n) is 11.5. The standard InChI is InChI=1S/C13H20FNO2S/c1-10-8-11(6-7-12(10)14)18(16,17)15(5)9-13(2,3)4/h6-8H,9H2,1-5H3. The quantitative estimate of drug-likeness (QED) is 0.849. The lowest BCUT2D eigenvalue weighted by Gasteiger charge is -2.26. The molecular formula is C13H20FNO2S. The molecule has 1 aromatic rings. The van der Waals surface area contributed by atoms with Gasteiger partial charge in [0.25, 0.3) is 0 Å². The van der Waals surface area contributed by atoms with E-state index in [0.29, 0.717) is 12.1 Å². The Labute approximate surface area is 109 Å². The van der Waals surface area contributed by atoms with Crippen molar-refractivity contribution in [1.29, 1.82) is 0 Å². The molecule has 102 valence electrons. The van der Waals surface area contributed by atoms with Crippen LogP contribution in [-0.2, 0) is 10.0 Å². The van der Waals surface area contributed by atoms with Crippen molar-refractivity contribution in [2.75, 3.05) is 13.6 Å². The molecule has 0 saturated heterocycles. The van der Waals surface area contributed by atoms with Gasteiger partial charge >= 0.3 is 0 Å². The molecule has 0 spiro atoms. The summed E-state index contributed by atoms with van der Waals surface area (Å²) in [4.78, 5) is 0.133. The van der Waals surface area contributed by atoms with Crippen LogP contribution < -0.4 is 0 Å². The van der Waals surface area contributed by atoms with Crippen LogP contribution in [0.5, 0.6) is 0 Å². The van der Waals surface area contributed by atoms with Gasteiger partial charge in [0, 0.05) is 13.6 Å². The average Bonchev–Trinajstić information content (AvgIpc) is 2.19. The van der Waals surface area contributed by atoms with Crippen LogP contribution in [0.25, 0.3) is 0 Å². The summed E-state index contributed by atoms with van der Waals surface area (Å²) in [6.45, 7) is 7.86. The molecule has 0 aliphatic heterocycles. The van der Waals surface area contributed by atoms with Crippen LogP contribution in [0.1, 0.15) is 26.3 Å². The van der Waals surface area contributed by atoms with E-state index in [4.69, 9.17) is 0 Å². The highest BCUT2D eigenvalue weighted by atomic mass is 32.2. The van der Waals surface area contributed by atoms with Gasteiger partial charge in [-0.05, 0) is 36.1 Å². The summed E-state index contributed by atoms with van der Waals surface area (Å²) in [5, 5.41) is 0. The second-order valence-corrected chi connectivity index (χ2v) is 7.78. The molecule has 3 nitrogen and oxygen atoms in total. The maximum absolute atomic E-state index is 13.2. The lowest BCUT2D eigenvalue weighted by atomic mass is 9.97. The molecule has 0 aliphatic rings. The number of rotatable bonds is 3. The molecule has 1 rings (SSSR count). The zero-order valence-corrected chi connectivity index (χ0v) is 12.3. The summed E-state index contributed by atoms with van der Waals surface area (Å²) in [5.74, 6) is -0.396. The maximum atomic E-state index is 13.2. The Hall–Kier alpha value is -0.940. The van der Waals surface area contributed by atoms with E-state index in [-0.39, 0.29) is 10.3 Å². The lowest BCUT2D eigenvalue weighted by molar-refractivity contribution is 0.311. The van der Waals surface area contributed by atoms with E-state index in [1.54, 1.807) is 14.0 Å². The fourth-order valence-corrected chi connectivity index (χ4v) is 3.19. The predicted octanol–water partition coefficient (Wildman–Crippen LogP) is 2.80.